The Labute approximate surface area is 128 Å². The van der Waals surface area contributed by atoms with E-state index < -0.39 is 0 Å². The number of halogens is 1. The van der Waals surface area contributed by atoms with E-state index in [1.165, 1.54) is 0 Å². The number of anilines is 1. The maximum Gasteiger partial charge on any atom is 0.256 e. The minimum Gasteiger partial charge on any atom is -0.398 e. The van der Waals surface area contributed by atoms with Crippen LogP contribution in [0, 0.1) is 0 Å². The van der Waals surface area contributed by atoms with Crippen LogP contribution in [0.1, 0.15) is 16.8 Å². The zero-order valence-electron chi connectivity index (χ0n) is 11.5. The fourth-order valence-corrected chi connectivity index (χ4v) is 3.67. The molecule has 1 aliphatic heterocycles. The van der Waals surface area contributed by atoms with Gasteiger partial charge in [0.05, 0.1) is 12.2 Å². The second-order valence-electron chi connectivity index (χ2n) is 4.74. The van der Waals surface area contributed by atoms with E-state index in [9.17, 15) is 4.79 Å². The minimum atomic E-state index is -0.0606. The molecule has 110 valence electrons. The molecule has 4 nitrogen and oxygen atoms in total. The molecule has 20 heavy (non-hydrogen) atoms. The van der Waals surface area contributed by atoms with Crippen LogP contribution in [-0.2, 0) is 4.74 Å². The van der Waals surface area contributed by atoms with Gasteiger partial charge in [0.15, 0.2) is 0 Å². The van der Waals surface area contributed by atoms with Crippen molar-refractivity contribution in [3.05, 3.63) is 28.8 Å². The number of carbonyl (C=O) groups excluding carboxylic acids is 1. The number of thioether (sulfide) groups is 1. The van der Waals surface area contributed by atoms with Gasteiger partial charge in [-0.15, -0.1) is 0 Å². The molecule has 1 aromatic carbocycles. The van der Waals surface area contributed by atoms with Crippen molar-refractivity contribution in [2.24, 2.45) is 0 Å². The van der Waals surface area contributed by atoms with Crippen molar-refractivity contribution < 1.29 is 9.53 Å². The monoisotopic (exact) mass is 314 g/mol. The van der Waals surface area contributed by atoms with E-state index in [-0.39, 0.29) is 11.9 Å². The lowest BCUT2D eigenvalue weighted by atomic mass is 10.1. The van der Waals surface area contributed by atoms with Crippen molar-refractivity contribution in [3.63, 3.8) is 0 Å². The quantitative estimate of drug-likeness (QED) is 0.849. The number of nitrogen functional groups attached to an aromatic ring is 1. The van der Waals surface area contributed by atoms with Gasteiger partial charge in [0.1, 0.15) is 0 Å². The standard InChI is InChI=1S/C14H19ClN2O2S/c1-19-6-5-17(11-4-7-20-9-11)14(18)12-8-10(15)2-3-13(12)16/h2-3,8,11H,4-7,9,16H2,1H3. The van der Waals surface area contributed by atoms with Gasteiger partial charge in [0.2, 0.25) is 0 Å². The third-order valence-electron chi connectivity index (χ3n) is 3.39. The molecule has 2 rings (SSSR count). The zero-order chi connectivity index (χ0) is 14.5. The summed E-state index contributed by atoms with van der Waals surface area (Å²) in [6, 6.07) is 5.26. The maximum absolute atomic E-state index is 12.7. The fourth-order valence-electron chi connectivity index (χ4n) is 2.28. The summed E-state index contributed by atoms with van der Waals surface area (Å²) >= 11 is 7.85. The zero-order valence-corrected chi connectivity index (χ0v) is 13.0. The number of carbonyl (C=O) groups is 1. The maximum atomic E-state index is 12.7. The number of ether oxygens (including phenoxy) is 1. The van der Waals surface area contributed by atoms with Crippen molar-refractivity contribution >= 4 is 35.0 Å². The highest BCUT2D eigenvalue weighted by atomic mass is 35.5. The van der Waals surface area contributed by atoms with Gasteiger partial charge in [-0.25, -0.2) is 0 Å². The number of nitrogens with zero attached hydrogens (tertiary/aromatic N) is 1. The molecular formula is C14H19ClN2O2S. The average molecular weight is 315 g/mol. The van der Waals surface area contributed by atoms with Crippen molar-refractivity contribution in [1.29, 1.82) is 0 Å². The summed E-state index contributed by atoms with van der Waals surface area (Å²) in [6.07, 6.45) is 1.01. The molecule has 0 aliphatic carbocycles. The van der Waals surface area contributed by atoms with Gasteiger partial charge in [0.25, 0.3) is 5.91 Å². The number of hydrogen-bond donors (Lipinski definition) is 1. The van der Waals surface area contributed by atoms with Crippen LogP contribution >= 0.6 is 23.4 Å². The minimum absolute atomic E-state index is 0.0606. The van der Waals surface area contributed by atoms with Crippen LogP contribution in [0.4, 0.5) is 5.69 Å². The Bertz CT molecular complexity index is 478. The molecule has 1 heterocycles. The highest BCUT2D eigenvalue weighted by Crippen LogP contribution is 2.26. The first-order valence-corrected chi connectivity index (χ1v) is 8.09. The van der Waals surface area contributed by atoms with E-state index in [2.05, 4.69) is 0 Å². The van der Waals surface area contributed by atoms with Crippen molar-refractivity contribution in [2.45, 2.75) is 12.5 Å². The van der Waals surface area contributed by atoms with E-state index in [1.54, 1.807) is 25.3 Å². The van der Waals surface area contributed by atoms with E-state index in [1.807, 2.05) is 16.7 Å². The number of hydrogen-bond acceptors (Lipinski definition) is 4. The topological polar surface area (TPSA) is 55.6 Å². The molecule has 1 amide bonds. The average Bonchev–Trinajstić information content (AvgIpc) is 2.95. The summed E-state index contributed by atoms with van der Waals surface area (Å²) in [4.78, 5) is 14.6. The van der Waals surface area contributed by atoms with Gasteiger partial charge in [-0.3, -0.25) is 4.79 Å². The Morgan fingerprint density at radius 2 is 2.40 bits per heavy atom. The van der Waals surface area contributed by atoms with Gasteiger partial charge >= 0.3 is 0 Å². The Morgan fingerprint density at radius 1 is 1.60 bits per heavy atom. The third kappa shape index (κ3) is 3.59. The van der Waals surface area contributed by atoms with Gasteiger partial charge in [0, 0.05) is 36.2 Å². The normalized spacial score (nSPS) is 18.2. The number of methoxy groups -OCH3 is 1. The molecule has 0 saturated carbocycles. The lowest BCUT2D eigenvalue weighted by Crippen LogP contribution is -2.42. The van der Waals surface area contributed by atoms with Crippen molar-refractivity contribution in [1.82, 2.24) is 4.90 Å². The number of benzene rings is 1. The molecule has 6 heteroatoms. The summed E-state index contributed by atoms with van der Waals surface area (Å²) in [5.74, 6) is 2.00. The number of rotatable bonds is 5. The molecule has 1 fully saturated rings. The smallest absolute Gasteiger partial charge is 0.256 e. The Balaban J connectivity index is 2.22. The predicted octanol–water partition coefficient (Wildman–Crippen LogP) is 2.52. The van der Waals surface area contributed by atoms with Gasteiger partial charge in [-0.1, -0.05) is 11.6 Å². The molecule has 0 aromatic heterocycles. The predicted molar refractivity (Wildman–Crippen MR) is 84.5 cm³/mol. The molecule has 2 N–H and O–H groups in total. The first-order chi connectivity index (χ1) is 9.63. The largest absolute Gasteiger partial charge is 0.398 e. The molecule has 0 bridgehead atoms. The summed E-state index contributed by atoms with van der Waals surface area (Å²) in [5.41, 5.74) is 6.86. The summed E-state index contributed by atoms with van der Waals surface area (Å²) in [5, 5.41) is 0.523. The Kier molecular flexibility index (Phi) is 5.57. The van der Waals surface area contributed by atoms with Gasteiger partial charge < -0.3 is 15.4 Å². The van der Waals surface area contributed by atoms with E-state index in [0.717, 1.165) is 17.9 Å². The van der Waals surface area contributed by atoms with Crippen LogP contribution in [0.3, 0.4) is 0 Å². The third-order valence-corrected chi connectivity index (χ3v) is 4.77. The molecule has 1 aliphatic rings. The van der Waals surface area contributed by atoms with Crippen LogP contribution in [0.2, 0.25) is 5.02 Å². The first kappa shape index (κ1) is 15.5. The van der Waals surface area contributed by atoms with Crippen LogP contribution < -0.4 is 5.73 Å². The second-order valence-corrected chi connectivity index (χ2v) is 6.33. The van der Waals surface area contributed by atoms with E-state index in [0.29, 0.717) is 29.4 Å². The van der Waals surface area contributed by atoms with E-state index >= 15 is 0 Å². The van der Waals surface area contributed by atoms with Crippen LogP contribution in [-0.4, -0.2) is 48.6 Å². The fraction of sp³-hybridized carbons (Fsp3) is 0.500. The lowest BCUT2D eigenvalue weighted by Gasteiger charge is -2.29. The molecule has 1 aromatic rings. The molecule has 1 saturated heterocycles. The SMILES string of the molecule is COCCN(C(=O)c1cc(Cl)ccc1N)C1CCSC1. The molecular weight excluding hydrogens is 296 g/mol. The molecule has 0 radical (unpaired) electrons. The molecule has 1 unspecified atom stereocenters. The second kappa shape index (κ2) is 7.20. The lowest BCUT2D eigenvalue weighted by molar-refractivity contribution is 0.0625. The van der Waals surface area contributed by atoms with Gasteiger partial charge in [-0.2, -0.15) is 11.8 Å². The molecule has 0 spiro atoms. The first-order valence-electron chi connectivity index (χ1n) is 6.56. The number of amides is 1. The number of nitrogens with two attached hydrogens (primary N) is 1. The van der Waals surface area contributed by atoms with Crippen LogP contribution in [0.15, 0.2) is 18.2 Å². The van der Waals surface area contributed by atoms with Crippen LogP contribution in [0.25, 0.3) is 0 Å². The van der Waals surface area contributed by atoms with Gasteiger partial charge in [-0.05, 0) is 30.4 Å². The summed E-state index contributed by atoms with van der Waals surface area (Å²) in [7, 11) is 1.64. The van der Waals surface area contributed by atoms with Crippen LogP contribution in [0.5, 0.6) is 0 Å². The summed E-state index contributed by atoms with van der Waals surface area (Å²) in [6.45, 7) is 1.10. The highest BCUT2D eigenvalue weighted by Gasteiger charge is 2.28. The summed E-state index contributed by atoms with van der Waals surface area (Å²) < 4.78 is 5.11. The Hall–Kier alpha value is -0.910. The van der Waals surface area contributed by atoms with E-state index in [4.69, 9.17) is 22.1 Å². The molecule has 1 atom stereocenters. The highest BCUT2D eigenvalue weighted by molar-refractivity contribution is 7.99. The van der Waals surface area contributed by atoms with Crippen molar-refractivity contribution in [3.8, 4) is 0 Å². The van der Waals surface area contributed by atoms with Crippen molar-refractivity contribution in [2.75, 3.05) is 37.5 Å². The Morgan fingerprint density at radius 3 is 3.05 bits per heavy atom.